The number of carbonyl (C=O) groups is 2. The molecule has 0 aromatic rings. The second kappa shape index (κ2) is 13.4. The van der Waals surface area contributed by atoms with Crippen LogP contribution in [0.1, 0.15) is 0 Å². The number of carboxylic acid groups (broad SMARTS) is 2. The molecule has 0 atom stereocenters. The lowest BCUT2D eigenvalue weighted by atomic mass is 10.6. The molecule has 0 amide bonds. The highest BCUT2D eigenvalue weighted by molar-refractivity contribution is 9.11. The lowest BCUT2D eigenvalue weighted by Crippen LogP contribution is -2.04. The van der Waals surface area contributed by atoms with E-state index in [0.717, 1.165) is 24.2 Å². The zero-order valence-corrected chi connectivity index (χ0v) is 17.3. The predicted molar refractivity (Wildman–Crippen MR) is 88.7 cm³/mol. The van der Waals surface area contributed by atoms with Gasteiger partial charge >= 0.3 is 27.6 Å². The van der Waals surface area contributed by atoms with Gasteiger partial charge in [0.2, 0.25) is 11.5 Å². The maximum Gasteiger partial charge on any atom is 0.529 e. The third-order valence-corrected chi connectivity index (χ3v) is 4.08. The van der Waals surface area contributed by atoms with Gasteiger partial charge in [-0.2, -0.15) is 0 Å². The first kappa shape index (κ1) is 29.0. The van der Waals surface area contributed by atoms with Crippen molar-refractivity contribution in [2.75, 3.05) is 14.2 Å². The van der Waals surface area contributed by atoms with E-state index in [4.69, 9.17) is 20.0 Å². The summed E-state index contributed by atoms with van der Waals surface area (Å²) in [6, 6.07) is 0. The molecule has 0 heterocycles. The number of hydrogen-bond donors (Lipinski definition) is 4. The number of hydrogen-bond acceptors (Lipinski definition) is 8. The number of phosphoric acid groups is 2. The normalized spacial score (nSPS) is 12.2. The van der Waals surface area contributed by atoms with Gasteiger partial charge in [0.1, 0.15) is 0 Å². The Labute approximate surface area is 157 Å². The van der Waals surface area contributed by atoms with Crippen molar-refractivity contribution in [3.8, 4) is 0 Å². The third-order valence-electron chi connectivity index (χ3n) is 1.49. The van der Waals surface area contributed by atoms with Gasteiger partial charge in [0.05, 0.1) is 0 Å². The van der Waals surface area contributed by atoms with Crippen LogP contribution in [0.5, 0.6) is 0 Å². The van der Waals surface area contributed by atoms with Crippen LogP contribution in [0.25, 0.3) is 0 Å². The van der Waals surface area contributed by atoms with Crippen molar-refractivity contribution in [2.45, 2.75) is 0 Å². The van der Waals surface area contributed by atoms with E-state index in [0.29, 0.717) is 0 Å². The second-order valence-corrected chi connectivity index (χ2v) is 6.93. The Kier molecular flexibility index (Phi) is 15.6. The van der Waals surface area contributed by atoms with Crippen LogP contribution in [-0.4, -0.2) is 51.6 Å². The van der Waals surface area contributed by atoms with Crippen LogP contribution >= 0.6 is 47.5 Å². The molecule has 13 nitrogen and oxygen atoms in total. The van der Waals surface area contributed by atoms with Crippen molar-refractivity contribution < 1.29 is 62.3 Å². The van der Waals surface area contributed by atoms with Crippen LogP contribution in [0.3, 0.4) is 0 Å². The Hall–Kier alpha value is -0.760. The van der Waals surface area contributed by atoms with E-state index >= 15 is 0 Å². The topological polar surface area (TPSA) is 218 Å². The Morgan fingerprint density at radius 3 is 1.36 bits per heavy atom. The molecule has 25 heavy (non-hydrogen) atoms. The molecule has 0 saturated carbocycles. The maximum atomic E-state index is 11.2. The molecule has 0 radical (unpaired) electrons. The first-order valence-electron chi connectivity index (χ1n) is 5.09. The van der Waals surface area contributed by atoms with Gasteiger partial charge in [-0.15, -0.1) is 0 Å². The summed E-state index contributed by atoms with van der Waals surface area (Å²) in [5.41, 5.74) is 0. The Morgan fingerprint density at radius 1 is 0.880 bits per heavy atom. The van der Waals surface area contributed by atoms with Crippen LogP contribution in [0, 0.1) is 0 Å². The average Bonchev–Trinajstić information content (AvgIpc) is 2.49. The molecule has 0 aliphatic rings. The summed E-state index contributed by atoms with van der Waals surface area (Å²) in [5, 5.41) is 16.6. The van der Waals surface area contributed by atoms with E-state index in [9.17, 15) is 18.7 Å². The zero-order valence-electron chi connectivity index (χ0n) is 12.4. The quantitative estimate of drug-likeness (QED) is 0.195. The average molecular weight is 540 g/mol. The Bertz CT molecular complexity index is 587. The minimum Gasteiger partial charge on any atom is -0.475 e. The molecule has 0 aromatic heterocycles. The van der Waals surface area contributed by atoms with E-state index in [-0.39, 0.29) is 5.48 Å². The minimum absolute atomic E-state index is 0. The Morgan fingerprint density at radius 2 is 1.20 bits per heavy atom. The summed E-state index contributed by atoms with van der Waals surface area (Å²) in [6.45, 7) is 0. The van der Waals surface area contributed by atoms with E-state index < -0.39 is 39.1 Å². The van der Waals surface area contributed by atoms with E-state index in [1.54, 1.807) is 0 Å². The second-order valence-electron chi connectivity index (χ2n) is 3.04. The molecule has 0 unspecified atom stereocenters. The van der Waals surface area contributed by atoms with Crippen LogP contribution in [0.15, 0.2) is 21.5 Å². The first-order valence-corrected chi connectivity index (χ1v) is 9.91. The summed E-state index contributed by atoms with van der Waals surface area (Å²) < 4.78 is 38.2. The van der Waals surface area contributed by atoms with Gasteiger partial charge < -0.3 is 24.7 Å². The zero-order chi connectivity index (χ0) is 19.6. The van der Waals surface area contributed by atoms with Gasteiger partial charge in [0, 0.05) is 24.2 Å². The number of phosphoric ester groups is 2. The molecule has 0 spiro atoms. The fourth-order valence-corrected chi connectivity index (χ4v) is 2.53. The molecule has 0 bridgehead atoms. The van der Waals surface area contributed by atoms with Gasteiger partial charge in [0.25, 0.3) is 0 Å². The molecule has 17 heteroatoms. The third kappa shape index (κ3) is 14.1. The summed E-state index contributed by atoms with van der Waals surface area (Å²) in [6.07, 6.45) is 0. The highest BCUT2D eigenvalue weighted by Crippen LogP contribution is 2.49. The molecule has 0 aromatic carbocycles. The van der Waals surface area contributed by atoms with E-state index in [1.165, 1.54) is 0 Å². The molecule has 0 rings (SSSR count). The smallest absolute Gasteiger partial charge is 0.475 e. The van der Waals surface area contributed by atoms with Crippen molar-refractivity contribution in [3.63, 3.8) is 0 Å². The van der Waals surface area contributed by atoms with Gasteiger partial charge in [0.15, 0.2) is 0 Å². The molecule has 0 saturated heterocycles. The van der Waals surface area contributed by atoms with Crippen molar-refractivity contribution in [3.05, 3.63) is 21.5 Å². The monoisotopic (exact) mass is 538 g/mol. The van der Waals surface area contributed by atoms with Gasteiger partial charge in [-0.25, -0.2) is 18.7 Å². The first-order chi connectivity index (χ1) is 10.9. The van der Waals surface area contributed by atoms with Crippen molar-refractivity contribution in [2.24, 2.45) is 0 Å². The summed E-state index contributed by atoms with van der Waals surface area (Å²) in [5.74, 6) is -4.36. The number of halogens is 2. The van der Waals surface area contributed by atoms with Gasteiger partial charge in [-0.05, 0) is 0 Å². The SMILES string of the molecule is COP(=O)(OC)OC(=CBr)C(=O)O.O.O=C(O)C(=CBr)OP(=O)(O)O. The fourth-order valence-electron chi connectivity index (χ4n) is 0.609. The molecule has 0 fully saturated rings. The number of aliphatic carboxylic acids is 2. The molecule has 6 N–H and O–H groups in total. The minimum atomic E-state index is -4.77. The van der Waals surface area contributed by atoms with Gasteiger partial charge in [-0.1, -0.05) is 31.9 Å². The molecular formula is C8H14Br2O13P2. The summed E-state index contributed by atoms with van der Waals surface area (Å²) in [4.78, 5) is 38.4. The van der Waals surface area contributed by atoms with Crippen molar-refractivity contribution in [1.29, 1.82) is 0 Å². The van der Waals surface area contributed by atoms with E-state index in [1.807, 2.05) is 0 Å². The summed E-state index contributed by atoms with van der Waals surface area (Å²) in [7, 11) is -6.40. The standard InChI is InChI=1S/C5H8BrO6P.C3H4BrO6P.H2O/c1-10-13(9,11-2)12-4(3-6)5(7)8;4-1-2(3(5)6)10-11(7,8)9;/h3H,1-2H3,(H,7,8);1H,(H,5,6)(H2,7,8,9);1H2. The van der Waals surface area contributed by atoms with Gasteiger partial charge in [-0.3, -0.25) is 18.8 Å². The summed E-state index contributed by atoms with van der Waals surface area (Å²) >= 11 is 5.29. The maximum absolute atomic E-state index is 11.2. The lowest BCUT2D eigenvalue weighted by molar-refractivity contribution is -0.136. The molecule has 0 aliphatic carbocycles. The molecule has 0 aliphatic heterocycles. The number of carboxylic acids is 2. The highest BCUT2D eigenvalue weighted by Gasteiger charge is 2.28. The molecule has 148 valence electrons. The highest BCUT2D eigenvalue weighted by atomic mass is 79.9. The van der Waals surface area contributed by atoms with Crippen LogP contribution in [-0.2, 0) is 36.8 Å². The molecular weight excluding hydrogens is 526 g/mol. The lowest BCUT2D eigenvalue weighted by Gasteiger charge is -2.13. The van der Waals surface area contributed by atoms with Crippen molar-refractivity contribution >= 4 is 59.4 Å². The predicted octanol–water partition coefficient (Wildman–Crippen LogP) is 1.32. The van der Waals surface area contributed by atoms with Crippen molar-refractivity contribution in [1.82, 2.24) is 0 Å². The van der Waals surface area contributed by atoms with E-state index in [2.05, 4.69) is 50.0 Å². The number of rotatable bonds is 8. The van der Waals surface area contributed by atoms with Crippen LogP contribution in [0.4, 0.5) is 0 Å². The van der Waals surface area contributed by atoms with Crippen LogP contribution in [0.2, 0.25) is 0 Å². The Balaban J connectivity index is -0.000000377. The van der Waals surface area contributed by atoms with Crippen LogP contribution < -0.4 is 0 Å². The largest absolute Gasteiger partial charge is 0.529 e. The fraction of sp³-hybridized carbons (Fsp3) is 0.250.